The Hall–Kier alpha value is -3.19. The van der Waals surface area contributed by atoms with Crippen LogP contribution >= 0.6 is 0 Å². The zero-order valence-corrected chi connectivity index (χ0v) is 18.2. The van der Waals surface area contributed by atoms with Gasteiger partial charge in [-0.2, -0.15) is 5.10 Å². The topological polar surface area (TPSA) is 83.1 Å². The fourth-order valence-electron chi connectivity index (χ4n) is 4.00. The van der Waals surface area contributed by atoms with Gasteiger partial charge in [0, 0.05) is 24.7 Å². The van der Waals surface area contributed by atoms with E-state index in [1.807, 2.05) is 63.2 Å². The molecule has 1 aromatic heterocycles. The molecule has 2 atom stereocenters. The third-order valence-corrected chi connectivity index (χ3v) is 5.37. The quantitative estimate of drug-likeness (QED) is 0.611. The van der Waals surface area contributed by atoms with Gasteiger partial charge in [-0.3, -0.25) is 14.8 Å². The number of benzene rings is 2. The molecule has 4 rings (SSSR count). The normalized spacial score (nSPS) is 19.0. The summed E-state index contributed by atoms with van der Waals surface area (Å²) < 4.78 is 5.75. The number of carbonyl (C=O) groups excluding carboxylic acids is 1. The number of H-pyrrole nitrogens is 1. The van der Waals surface area contributed by atoms with E-state index in [0.29, 0.717) is 5.56 Å². The second-order valence-electron chi connectivity index (χ2n) is 8.31. The van der Waals surface area contributed by atoms with Gasteiger partial charge >= 0.3 is 0 Å². The average Bonchev–Trinajstić information content (AvgIpc) is 3.35. The lowest BCUT2D eigenvalue weighted by molar-refractivity contribution is 0.0937. The molecule has 1 saturated heterocycles. The summed E-state index contributed by atoms with van der Waals surface area (Å²) >= 11 is 0. The number of likely N-dealkylation sites (tertiary alicyclic amines) is 1. The van der Waals surface area contributed by atoms with E-state index in [9.17, 15) is 4.79 Å². The number of rotatable bonds is 7. The van der Waals surface area contributed by atoms with E-state index >= 15 is 0 Å². The molecule has 0 saturated carbocycles. The molecule has 162 valence electrons. The summed E-state index contributed by atoms with van der Waals surface area (Å²) in [6.07, 6.45) is 0.918. The highest BCUT2D eigenvalue weighted by Gasteiger charge is 2.36. The number of amides is 1. The number of hydrogen-bond acceptors (Lipinski definition) is 5. The molecule has 0 spiro atoms. The summed E-state index contributed by atoms with van der Waals surface area (Å²) in [6.45, 7) is 7.42. The first kappa shape index (κ1) is 21.1. The van der Waals surface area contributed by atoms with Crippen LogP contribution in [0.5, 0.6) is 5.75 Å². The van der Waals surface area contributed by atoms with Crippen LogP contribution in [0.1, 0.15) is 53.9 Å². The van der Waals surface area contributed by atoms with Gasteiger partial charge in [-0.1, -0.05) is 30.3 Å². The van der Waals surface area contributed by atoms with Gasteiger partial charge in [0.2, 0.25) is 0 Å². The molecule has 3 aromatic rings. The van der Waals surface area contributed by atoms with Gasteiger partial charge in [0.25, 0.3) is 5.91 Å². The van der Waals surface area contributed by atoms with Crippen LogP contribution in [0.4, 0.5) is 0 Å². The van der Waals surface area contributed by atoms with Crippen molar-refractivity contribution in [2.45, 2.75) is 51.9 Å². The number of ether oxygens (including phenoxy) is 1. The summed E-state index contributed by atoms with van der Waals surface area (Å²) in [4.78, 5) is 19.5. The van der Waals surface area contributed by atoms with Gasteiger partial charge in [0.1, 0.15) is 11.6 Å². The standard InChI is InChI=1S/C24H29N5O2/c1-16(2)31-21-11-9-18(10-12-21)14-29-15-20(13-22(29)23-25-17(3)27-28-23)26-24(30)19-7-5-4-6-8-19/h4-12,16,20,22H,13-15H2,1-3H3,(H,26,30)(H,25,27,28)/t20-,22-/m0/s1. The summed E-state index contributed by atoms with van der Waals surface area (Å²) in [5.41, 5.74) is 1.86. The highest BCUT2D eigenvalue weighted by molar-refractivity contribution is 5.94. The molecule has 31 heavy (non-hydrogen) atoms. The van der Waals surface area contributed by atoms with Gasteiger partial charge in [0.05, 0.1) is 12.1 Å². The Balaban J connectivity index is 1.48. The predicted octanol–water partition coefficient (Wildman–Crippen LogP) is 3.65. The van der Waals surface area contributed by atoms with Gasteiger partial charge < -0.3 is 10.1 Å². The Morgan fingerprint density at radius 2 is 1.94 bits per heavy atom. The minimum absolute atomic E-state index is 0.0278. The number of nitrogens with one attached hydrogen (secondary N) is 2. The van der Waals surface area contributed by atoms with Gasteiger partial charge in [-0.25, -0.2) is 4.98 Å². The molecule has 2 heterocycles. The number of aryl methyl sites for hydroxylation is 1. The SMILES string of the molecule is Cc1nc([C@@H]2C[C@H](NC(=O)c3ccccc3)CN2Cc2ccc(OC(C)C)cc2)n[nH]1. The van der Waals surface area contributed by atoms with Crippen LogP contribution < -0.4 is 10.1 Å². The molecule has 1 amide bonds. The second-order valence-corrected chi connectivity index (χ2v) is 8.31. The first-order chi connectivity index (χ1) is 15.0. The first-order valence-corrected chi connectivity index (χ1v) is 10.7. The molecule has 2 N–H and O–H groups in total. The van der Waals surface area contributed by atoms with E-state index in [2.05, 4.69) is 37.5 Å². The molecule has 0 unspecified atom stereocenters. The Kier molecular flexibility index (Phi) is 6.32. The molecule has 1 aliphatic rings. The van der Waals surface area contributed by atoms with Crippen molar-refractivity contribution in [3.8, 4) is 5.75 Å². The number of aromatic nitrogens is 3. The van der Waals surface area contributed by atoms with E-state index in [0.717, 1.165) is 36.9 Å². The van der Waals surface area contributed by atoms with E-state index < -0.39 is 0 Å². The fraction of sp³-hybridized carbons (Fsp3) is 0.375. The van der Waals surface area contributed by atoms with Crippen molar-refractivity contribution in [3.05, 3.63) is 77.4 Å². The van der Waals surface area contributed by atoms with Gasteiger partial charge in [0.15, 0.2) is 5.82 Å². The predicted molar refractivity (Wildman–Crippen MR) is 119 cm³/mol. The number of carbonyl (C=O) groups is 1. The summed E-state index contributed by atoms with van der Waals surface area (Å²) in [5.74, 6) is 2.39. The number of hydrogen-bond donors (Lipinski definition) is 2. The van der Waals surface area contributed by atoms with Crippen LogP contribution in [0.3, 0.4) is 0 Å². The van der Waals surface area contributed by atoms with Crippen molar-refractivity contribution in [1.82, 2.24) is 25.4 Å². The Morgan fingerprint density at radius 1 is 1.19 bits per heavy atom. The molecule has 1 fully saturated rings. The average molecular weight is 420 g/mol. The van der Waals surface area contributed by atoms with E-state index in [-0.39, 0.29) is 24.1 Å². The van der Waals surface area contributed by atoms with Crippen molar-refractivity contribution in [1.29, 1.82) is 0 Å². The number of nitrogens with zero attached hydrogens (tertiary/aromatic N) is 3. The Bertz CT molecular complexity index is 1000. The largest absolute Gasteiger partial charge is 0.491 e. The maximum Gasteiger partial charge on any atom is 0.251 e. The minimum atomic E-state index is -0.0486. The maximum atomic E-state index is 12.7. The zero-order chi connectivity index (χ0) is 21.8. The van der Waals surface area contributed by atoms with E-state index in [4.69, 9.17) is 4.74 Å². The Morgan fingerprint density at radius 3 is 2.58 bits per heavy atom. The molecule has 0 aliphatic carbocycles. The lowest BCUT2D eigenvalue weighted by Crippen LogP contribution is -2.37. The summed E-state index contributed by atoms with van der Waals surface area (Å²) in [7, 11) is 0. The third-order valence-electron chi connectivity index (χ3n) is 5.37. The van der Waals surface area contributed by atoms with E-state index in [1.165, 1.54) is 5.56 Å². The highest BCUT2D eigenvalue weighted by Crippen LogP contribution is 2.32. The van der Waals surface area contributed by atoms with Crippen LogP contribution in [0.15, 0.2) is 54.6 Å². The van der Waals surface area contributed by atoms with Crippen LogP contribution in [0, 0.1) is 6.92 Å². The van der Waals surface area contributed by atoms with Crippen LogP contribution in [0.2, 0.25) is 0 Å². The highest BCUT2D eigenvalue weighted by atomic mass is 16.5. The fourth-order valence-corrected chi connectivity index (χ4v) is 4.00. The van der Waals surface area contributed by atoms with Crippen molar-refractivity contribution in [2.75, 3.05) is 6.54 Å². The molecular formula is C24H29N5O2. The second kappa shape index (κ2) is 9.31. The zero-order valence-electron chi connectivity index (χ0n) is 18.2. The van der Waals surface area contributed by atoms with Crippen molar-refractivity contribution < 1.29 is 9.53 Å². The van der Waals surface area contributed by atoms with Crippen LogP contribution in [-0.4, -0.2) is 44.7 Å². The molecular weight excluding hydrogens is 390 g/mol. The molecule has 7 nitrogen and oxygen atoms in total. The van der Waals surface area contributed by atoms with E-state index in [1.54, 1.807) is 0 Å². The molecule has 2 aromatic carbocycles. The van der Waals surface area contributed by atoms with Gasteiger partial charge in [-0.05, 0) is 57.0 Å². The van der Waals surface area contributed by atoms with Crippen molar-refractivity contribution in [3.63, 3.8) is 0 Å². The summed E-state index contributed by atoms with van der Waals surface area (Å²) in [6, 6.07) is 17.6. The molecule has 0 bridgehead atoms. The van der Waals surface area contributed by atoms with Crippen LogP contribution in [-0.2, 0) is 6.54 Å². The third kappa shape index (κ3) is 5.30. The first-order valence-electron chi connectivity index (χ1n) is 10.7. The summed E-state index contributed by atoms with van der Waals surface area (Å²) in [5, 5.41) is 10.5. The Labute approximate surface area is 182 Å². The molecule has 0 radical (unpaired) electrons. The molecule has 1 aliphatic heterocycles. The van der Waals surface area contributed by atoms with Crippen molar-refractivity contribution in [2.24, 2.45) is 0 Å². The van der Waals surface area contributed by atoms with Crippen molar-refractivity contribution >= 4 is 5.91 Å². The van der Waals surface area contributed by atoms with Gasteiger partial charge in [-0.15, -0.1) is 0 Å². The smallest absolute Gasteiger partial charge is 0.251 e. The lowest BCUT2D eigenvalue weighted by Gasteiger charge is -2.22. The van der Waals surface area contributed by atoms with Crippen LogP contribution in [0.25, 0.3) is 0 Å². The number of aromatic amines is 1. The molecule has 7 heteroatoms. The maximum absolute atomic E-state index is 12.7. The monoisotopic (exact) mass is 419 g/mol. The lowest BCUT2D eigenvalue weighted by atomic mass is 10.1. The minimum Gasteiger partial charge on any atom is -0.491 e.